The van der Waals surface area contributed by atoms with E-state index in [-0.39, 0.29) is 5.56 Å². The Morgan fingerprint density at radius 2 is 1.58 bits per heavy atom. The van der Waals surface area contributed by atoms with Crippen molar-refractivity contribution in [3.05, 3.63) is 70.2 Å². The summed E-state index contributed by atoms with van der Waals surface area (Å²) >= 11 is 5.95. The van der Waals surface area contributed by atoms with Crippen LogP contribution in [0.5, 0.6) is 0 Å². The first-order valence-electron chi connectivity index (χ1n) is 7.83. The van der Waals surface area contributed by atoms with Gasteiger partial charge in [0.15, 0.2) is 0 Å². The Kier molecular flexibility index (Phi) is 5.13. The molecule has 2 aromatic carbocycles. The second kappa shape index (κ2) is 7.13. The molecule has 1 saturated heterocycles. The summed E-state index contributed by atoms with van der Waals surface area (Å²) in [4.78, 5) is 2.09. The summed E-state index contributed by atoms with van der Waals surface area (Å²) in [5.74, 6) is 0. The van der Waals surface area contributed by atoms with Crippen molar-refractivity contribution >= 4 is 11.6 Å². The third-order valence-corrected chi connectivity index (χ3v) is 4.52. The Bertz CT molecular complexity index is 679. The van der Waals surface area contributed by atoms with Crippen molar-refractivity contribution in [1.29, 1.82) is 0 Å². The molecule has 1 heterocycles. The second-order valence-corrected chi connectivity index (χ2v) is 6.26. The van der Waals surface area contributed by atoms with Crippen LogP contribution in [0.3, 0.4) is 0 Å². The lowest BCUT2D eigenvalue weighted by Crippen LogP contribution is -2.45. The lowest BCUT2D eigenvalue weighted by Gasteiger charge is -2.36. The van der Waals surface area contributed by atoms with E-state index in [1.165, 1.54) is 6.07 Å². The van der Waals surface area contributed by atoms with Gasteiger partial charge in [-0.05, 0) is 29.3 Å². The van der Waals surface area contributed by atoms with Crippen LogP contribution in [0.2, 0.25) is 5.02 Å². The first kappa shape index (κ1) is 17.3. The Morgan fingerprint density at radius 3 is 2.21 bits per heavy atom. The standard InChI is InChI=1S/C18H18ClF3N2/c19-14-7-5-13(6-8-14)17(24-11-9-23-10-12-24)15-3-1-2-4-16(15)18(20,21)22/h1-8,17,23H,9-12H2/t17-/m0/s1. The van der Waals surface area contributed by atoms with Gasteiger partial charge in [0.1, 0.15) is 0 Å². The van der Waals surface area contributed by atoms with E-state index in [0.717, 1.165) is 24.7 Å². The van der Waals surface area contributed by atoms with Gasteiger partial charge in [-0.25, -0.2) is 0 Å². The maximum Gasteiger partial charge on any atom is 0.416 e. The minimum absolute atomic E-state index is 0.286. The number of halogens is 4. The molecule has 1 fully saturated rings. The molecule has 2 aromatic rings. The topological polar surface area (TPSA) is 15.3 Å². The highest BCUT2D eigenvalue weighted by atomic mass is 35.5. The van der Waals surface area contributed by atoms with E-state index >= 15 is 0 Å². The van der Waals surface area contributed by atoms with Crippen LogP contribution in [0.25, 0.3) is 0 Å². The molecule has 0 saturated carbocycles. The molecule has 128 valence electrons. The Hall–Kier alpha value is -1.56. The SMILES string of the molecule is FC(F)(F)c1ccccc1[C@H](c1ccc(Cl)cc1)N1CCNCC1. The molecule has 1 atom stereocenters. The van der Waals surface area contributed by atoms with Crippen molar-refractivity contribution in [1.82, 2.24) is 10.2 Å². The van der Waals surface area contributed by atoms with Crippen LogP contribution in [-0.2, 0) is 6.18 Å². The van der Waals surface area contributed by atoms with Crippen molar-refractivity contribution in [3.63, 3.8) is 0 Å². The number of piperazine rings is 1. The molecule has 0 aliphatic carbocycles. The third kappa shape index (κ3) is 3.74. The van der Waals surface area contributed by atoms with Gasteiger partial charge in [-0.1, -0.05) is 41.9 Å². The molecular weight excluding hydrogens is 337 g/mol. The Labute approximate surface area is 144 Å². The van der Waals surface area contributed by atoms with Gasteiger partial charge in [-0.3, -0.25) is 4.90 Å². The molecule has 1 aliphatic rings. The number of benzene rings is 2. The summed E-state index contributed by atoms with van der Waals surface area (Å²) in [5.41, 5.74) is 0.524. The van der Waals surface area contributed by atoms with Gasteiger partial charge >= 0.3 is 6.18 Å². The molecule has 0 radical (unpaired) electrons. The average molecular weight is 355 g/mol. The lowest BCUT2D eigenvalue weighted by atomic mass is 9.92. The van der Waals surface area contributed by atoms with Crippen LogP contribution in [0.1, 0.15) is 22.7 Å². The Morgan fingerprint density at radius 1 is 0.958 bits per heavy atom. The minimum atomic E-state index is -4.38. The normalized spacial score (nSPS) is 17.7. The highest BCUT2D eigenvalue weighted by Gasteiger charge is 2.37. The van der Waals surface area contributed by atoms with Gasteiger partial charge in [0.25, 0.3) is 0 Å². The van der Waals surface area contributed by atoms with Crippen molar-refractivity contribution in [2.45, 2.75) is 12.2 Å². The molecule has 1 N–H and O–H groups in total. The highest BCUT2D eigenvalue weighted by molar-refractivity contribution is 6.30. The van der Waals surface area contributed by atoms with Crippen molar-refractivity contribution in [3.8, 4) is 0 Å². The van der Waals surface area contributed by atoms with Crippen LogP contribution in [0.4, 0.5) is 13.2 Å². The molecular formula is C18H18ClF3N2. The summed E-state index contributed by atoms with van der Waals surface area (Å²) in [6, 6.07) is 12.4. The summed E-state index contributed by atoms with van der Waals surface area (Å²) < 4.78 is 40.5. The fourth-order valence-electron chi connectivity index (χ4n) is 3.17. The zero-order valence-corrected chi connectivity index (χ0v) is 13.7. The molecule has 24 heavy (non-hydrogen) atoms. The first-order chi connectivity index (χ1) is 11.5. The van der Waals surface area contributed by atoms with Crippen molar-refractivity contribution in [2.75, 3.05) is 26.2 Å². The minimum Gasteiger partial charge on any atom is -0.314 e. The summed E-state index contributed by atoms with van der Waals surface area (Å²) in [7, 11) is 0. The molecule has 0 unspecified atom stereocenters. The smallest absolute Gasteiger partial charge is 0.314 e. The quantitative estimate of drug-likeness (QED) is 0.881. The Balaban J connectivity index is 2.09. The third-order valence-electron chi connectivity index (χ3n) is 4.26. The second-order valence-electron chi connectivity index (χ2n) is 5.83. The van der Waals surface area contributed by atoms with Gasteiger partial charge in [-0.15, -0.1) is 0 Å². The van der Waals surface area contributed by atoms with E-state index in [1.807, 2.05) is 12.1 Å². The average Bonchev–Trinajstić information content (AvgIpc) is 2.57. The number of nitrogens with one attached hydrogen (secondary N) is 1. The fraction of sp³-hybridized carbons (Fsp3) is 0.333. The molecule has 0 bridgehead atoms. The first-order valence-corrected chi connectivity index (χ1v) is 8.21. The lowest BCUT2D eigenvalue weighted by molar-refractivity contribution is -0.138. The zero-order chi connectivity index (χ0) is 17.2. The van der Waals surface area contributed by atoms with Gasteiger partial charge in [0.05, 0.1) is 11.6 Å². The van der Waals surface area contributed by atoms with E-state index < -0.39 is 17.8 Å². The van der Waals surface area contributed by atoms with Crippen LogP contribution >= 0.6 is 11.6 Å². The van der Waals surface area contributed by atoms with E-state index in [2.05, 4.69) is 10.2 Å². The number of hydrogen-bond donors (Lipinski definition) is 1. The van der Waals surface area contributed by atoms with Gasteiger partial charge in [-0.2, -0.15) is 13.2 Å². The van der Waals surface area contributed by atoms with Gasteiger partial charge in [0.2, 0.25) is 0 Å². The van der Waals surface area contributed by atoms with Crippen LogP contribution in [0.15, 0.2) is 48.5 Å². The molecule has 1 aliphatic heterocycles. The van der Waals surface area contributed by atoms with Gasteiger partial charge < -0.3 is 5.32 Å². The molecule has 0 spiro atoms. The number of alkyl halides is 3. The molecule has 0 aromatic heterocycles. The number of nitrogens with zero attached hydrogens (tertiary/aromatic N) is 1. The maximum absolute atomic E-state index is 13.5. The fourth-order valence-corrected chi connectivity index (χ4v) is 3.29. The summed E-state index contributed by atoms with van der Waals surface area (Å²) in [6.45, 7) is 2.91. The number of rotatable bonds is 3. The van der Waals surface area contributed by atoms with Crippen LogP contribution in [0, 0.1) is 0 Å². The molecule has 0 amide bonds. The van der Waals surface area contributed by atoms with E-state index in [9.17, 15) is 13.2 Å². The van der Waals surface area contributed by atoms with E-state index in [4.69, 9.17) is 11.6 Å². The monoisotopic (exact) mass is 354 g/mol. The molecule has 6 heteroatoms. The predicted molar refractivity (Wildman–Crippen MR) is 89.2 cm³/mol. The maximum atomic E-state index is 13.5. The highest BCUT2D eigenvalue weighted by Crippen LogP contribution is 2.39. The summed E-state index contributed by atoms with van der Waals surface area (Å²) in [6.07, 6.45) is -4.38. The van der Waals surface area contributed by atoms with Crippen LogP contribution in [-0.4, -0.2) is 31.1 Å². The van der Waals surface area contributed by atoms with Crippen molar-refractivity contribution < 1.29 is 13.2 Å². The van der Waals surface area contributed by atoms with E-state index in [0.29, 0.717) is 18.1 Å². The zero-order valence-electron chi connectivity index (χ0n) is 13.0. The predicted octanol–water partition coefficient (Wildman–Crippen LogP) is 4.35. The van der Waals surface area contributed by atoms with Crippen molar-refractivity contribution in [2.24, 2.45) is 0 Å². The van der Waals surface area contributed by atoms with Gasteiger partial charge in [0, 0.05) is 31.2 Å². The summed E-state index contributed by atoms with van der Waals surface area (Å²) in [5, 5.41) is 3.81. The largest absolute Gasteiger partial charge is 0.416 e. The molecule has 3 rings (SSSR count). The molecule has 2 nitrogen and oxygen atoms in total. The number of hydrogen-bond acceptors (Lipinski definition) is 2. The van der Waals surface area contributed by atoms with E-state index in [1.54, 1.807) is 24.3 Å². The van der Waals surface area contributed by atoms with Crippen LogP contribution < -0.4 is 5.32 Å².